The molecule has 0 spiro atoms. The van der Waals surface area contributed by atoms with Gasteiger partial charge in [-0.3, -0.25) is 4.57 Å². The molecule has 4 rings (SSSR count). The molecule has 0 unspecified atom stereocenters. The molecule has 2 heterocycles. The third-order valence-electron chi connectivity index (χ3n) is 5.15. The van der Waals surface area contributed by atoms with Crippen LogP contribution in [-0.4, -0.2) is 25.9 Å². The Morgan fingerprint density at radius 1 is 0.963 bits per heavy atom. The summed E-state index contributed by atoms with van der Waals surface area (Å²) in [5.41, 5.74) is 2.20. The molecule has 27 heavy (non-hydrogen) atoms. The summed E-state index contributed by atoms with van der Waals surface area (Å²) in [7, 11) is 0. The van der Waals surface area contributed by atoms with Crippen molar-refractivity contribution >= 4 is 11.6 Å². The van der Waals surface area contributed by atoms with Gasteiger partial charge in [0.25, 0.3) is 0 Å². The van der Waals surface area contributed by atoms with Crippen molar-refractivity contribution in [3.8, 4) is 11.6 Å². The zero-order valence-corrected chi connectivity index (χ0v) is 16.4. The number of pyridine rings is 1. The van der Waals surface area contributed by atoms with Crippen LogP contribution in [0.2, 0.25) is 5.02 Å². The van der Waals surface area contributed by atoms with Gasteiger partial charge in [-0.1, -0.05) is 17.7 Å². The van der Waals surface area contributed by atoms with Crippen LogP contribution in [0, 0.1) is 13.8 Å². The first-order chi connectivity index (χ1) is 13.1. The fourth-order valence-electron chi connectivity index (χ4n) is 3.69. The van der Waals surface area contributed by atoms with E-state index < -0.39 is 0 Å². The van der Waals surface area contributed by atoms with Gasteiger partial charge in [0.05, 0.1) is 0 Å². The molecule has 0 bridgehead atoms. The summed E-state index contributed by atoms with van der Waals surface area (Å²) in [6.45, 7) is 4.02. The Kier molecular flexibility index (Phi) is 5.12. The first-order valence-corrected chi connectivity index (χ1v) is 9.75. The molecule has 6 heteroatoms. The third-order valence-corrected chi connectivity index (χ3v) is 5.40. The van der Waals surface area contributed by atoms with Crippen LogP contribution in [0.15, 0.2) is 42.6 Å². The van der Waals surface area contributed by atoms with Crippen LogP contribution in [0.4, 0.5) is 0 Å². The first kappa shape index (κ1) is 18.0. The highest BCUT2D eigenvalue weighted by atomic mass is 35.5. The predicted octanol–water partition coefficient (Wildman–Crippen LogP) is 5.04. The summed E-state index contributed by atoms with van der Waals surface area (Å²) >= 11 is 6.03. The quantitative estimate of drug-likeness (QED) is 0.634. The second-order valence-electron chi connectivity index (χ2n) is 7.18. The van der Waals surface area contributed by atoms with Crippen molar-refractivity contribution in [1.29, 1.82) is 0 Å². The van der Waals surface area contributed by atoms with Gasteiger partial charge in [-0.05, 0) is 69.4 Å². The number of hydrogen-bond acceptors (Lipinski definition) is 4. The molecule has 0 amide bonds. The molecule has 0 saturated heterocycles. The zero-order chi connectivity index (χ0) is 18.8. The lowest BCUT2D eigenvalue weighted by molar-refractivity contribution is 0.139. The van der Waals surface area contributed by atoms with Gasteiger partial charge in [0.1, 0.15) is 17.8 Å². The zero-order valence-electron chi connectivity index (χ0n) is 15.6. The van der Waals surface area contributed by atoms with Crippen molar-refractivity contribution in [2.24, 2.45) is 0 Å². The van der Waals surface area contributed by atoms with Crippen molar-refractivity contribution in [3.05, 3.63) is 64.8 Å². The highest BCUT2D eigenvalue weighted by Crippen LogP contribution is 2.35. The van der Waals surface area contributed by atoms with Crippen molar-refractivity contribution in [1.82, 2.24) is 19.7 Å². The SMILES string of the molecule is Cc1ccc(O[C@H]2CC[C@H](c3nnc(C)n3-c3ccc(Cl)cc3)CC2)nc1. The van der Waals surface area contributed by atoms with E-state index in [2.05, 4.69) is 19.7 Å². The van der Waals surface area contributed by atoms with E-state index in [0.717, 1.165) is 53.6 Å². The number of nitrogens with zero attached hydrogens (tertiary/aromatic N) is 4. The Hall–Kier alpha value is -2.40. The average Bonchev–Trinajstić information content (AvgIpc) is 3.06. The summed E-state index contributed by atoms with van der Waals surface area (Å²) in [5.74, 6) is 3.02. The Bertz CT molecular complexity index is 897. The van der Waals surface area contributed by atoms with Crippen molar-refractivity contribution in [2.45, 2.75) is 51.6 Å². The van der Waals surface area contributed by atoms with Crippen molar-refractivity contribution in [3.63, 3.8) is 0 Å². The first-order valence-electron chi connectivity index (χ1n) is 9.37. The van der Waals surface area contributed by atoms with Gasteiger partial charge in [-0.2, -0.15) is 0 Å². The lowest BCUT2D eigenvalue weighted by Crippen LogP contribution is -2.25. The van der Waals surface area contributed by atoms with E-state index >= 15 is 0 Å². The fraction of sp³-hybridized carbons (Fsp3) is 0.381. The van der Waals surface area contributed by atoms with Crippen LogP contribution < -0.4 is 4.74 Å². The van der Waals surface area contributed by atoms with Crippen LogP contribution >= 0.6 is 11.6 Å². The van der Waals surface area contributed by atoms with E-state index in [1.807, 2.05) is 56.4 Å². The summed E-state index contributed by atoms with van der Waals surface area (Å²) in [4.78, 5) is 4.35. The number of hydrogen-bond donors (Lipinski definition) is 0. The van der Waals surface area contributed by atoms with E-state index in [0.29, 0.717) is 11.8 Å². The van der Waals surface area contributed by atoms with Crippen LogP contribution in [-0.2, 0) is 0 Å². The molecule has 2 aromatic heterocycles. The van der Waals surface area contributed by atoms with Gasteiger partial charge >= 0.3 is 0 Å². The molecule has 5 nitrogen and oxygen atoms in total. The molecule has 1 fully saturated rings. The van der Waals surface area contributed by atoms with Gasteiger partial charge in [0, 0.05) is 28.9 Å². The molecule has 1 aromatic carbocycles. The summed E-state index contributed by atoms with van der Waals surface area (Å²) in [5, 5.41) is 9.54. The van der Waals surface area contributed by atoms with Gasteiger partial charge in [0.15, 0.2) is 0 Å². The monoisotopic (exact) mass is 382 g/mol. The molecule has 1 aliphatic carbocycles. The van der Waals surface area contributed by atoms with E-state index in [4.69, 9.17) is 16.3 Å². The van der Waals surface area contributed by atoms with Gasteiger partial charge in [-0.25, -0.2) is 4.98 Å². The molecule has 1 saturated carbocycles. The largest absolute Gasteiger partial charge is 0.474 e. The van der Waals surface area contributed by atoms with E-state index in [1.165, 1.54) is 0 Å². The Balaban J connectivity index is 1.45. The van der Waals surface area contributed by atoms with E-state index in [-0.39, 0.29) is 6.10 Å². The van der Waals surface area contributed by atoms with Gasteiger partial charge in [-0.15, -0.1) is 10.2 Å². The van der Waals surface area contributed by atoms with Gasteiger partial charge in [0.2, 0.25) is 5.88 Å². The maximum Gasteiger partial charge on any atom is 0.213 e. The second kappa shape index (κ2) is 7.69. The highest BCUT2D eigenvalue weighted by molar-refractivity contribution is 6.30. The molecular weight excluding hydrogens is 360 g/mol. The smallest absolute Gasteiger partial charge is 0.213 e. The van der Waals surface area contributed by atoms with E-state index in [9.17, 15) is 0 Å². The second-order valence-corrected chi connectivity index (χ2v) is 7.62. The number of aromatic nitrogens is 4. The summed E-state index contributed by atoms with van der Waals surface area (Å²) in [6, 6.07) is 11.8. The van der Waals surface area contributed by atoms with Crippen LogP contribution in [0.1, 0.15) is 48.8 Å². The highest BCUT2D eigenvalue weighted by Gasteiger charge is 2.28. The number of aryl methyl sites for hydroxylation is 2. The van der Waals surface area contributed by atoms with Crippen LogP contribution in [0.5, 0.6) is 5.88 Å². The number of ether oxygens (including phenoxy) is 1. The standard InChI is InChI=1S/C21H23ClN4O/c1-14-3-12-20(23-13-14)27-19-10-4-16(5-11-19)21-25-24-15(2)26(21)18-8-6-17(22)7-9-18/h3,6-9,12-13,16,19H,4-5,10-11H2,1-2H3/t16-,19-. The molecule has 0 aliphatic heterocycles. The molecule has 140 valence electrons. The number of rotatable bonds is 4. The number of halogens is 1. The minimum Gasteiger partial charge on any atom is -0.474 e. The molecule has 0 radical (unpaired) electrons. The minimum atomic E-state index is 0.212. The van der Waals surface area contributed by atoms with E-state index in [1.54, 1.807) is 0 Å². The number of benzene rings is 1. The Morgan fingerprint density at radius 2 is 1.70 bits per heavy atom. The molecule has 1 aliphatic rings. The normalized spacial score (nSPS) is 19.8. The van der Waals surface area contributed by atoms with Crippen molar-refractivity contribution in [2.75, 3.05) is 0 Å². The topological polar surface area (TPSA) is 52.8 Å². The molecule has 0 atom stereocenters. The minimum absolute atomic E-state index is 0.212. The van der Waals surface area contributed by atoms with Gasteiger partial charge < -0.3 is 4.74 Å². The molecule has 3 aromatic rings. The Labute approximate surface area is 164 Å². The van der Waals surface area contributed by atoms with Crippen molar-refractivity contribution < 1.29 is 4.74 Å². The lowest BCUT2D eigenvalue weighted by atomic mass is 9.86. The average molecular weight is 383 g/mol. The van der Waals surface area contributed by atoms with Crippen LogP contribution in [0.3, 0.4) is 0 Å². The third kappa shape index (κ3) is 3.98. The Morgan fingerprint density at radius 3 is 2.37 bits per heavy atom. The molecular formula is C21H23ClN4O. The predicted molar refractivity (Wildman–Crippen MR) is 106 cm³/mol. The van der Waals surface area contributed by atoms with Crippen LogP contribution in [0.25, 0.3) is 5.69 Å². The maximum atomic E-state index is 6.06. The lowest BCUT2D eigenvalue weighted by Gasteiger charge is -2.28. The molecule has 0 N–H and O–H groups in total. The fourth-order valence-corrected chi connectivity index (χ4v) is 3.81. The maximum absolute atomic E-state index is 6.06. The summed E-state index contributed by atoms with van der Waals surface area (Å²) in [6.07, 6.45) is 6.10. The summed E-state index contributed by atoms with van der Waals surface area (Å²) < 4.78 is 8.20.